The number of nitrogens with zero attached hydrogens (tertiary/aromatic N) is 1. The number of phenolic OH excluding ortho intramolecular Hbond substituents is 1. The van der Waals surface area contributed by atoms with E-state index in [1.54, 1.807) is 13.8 Å². The van der Waals surface area contributed by atoms with Crippen molar-refractivity contribution in [3.8, 4) is 28.3 Å². The summed E-state index contributed by atoms with van der Waals surface area (Å²) in [5, 5.41) is 20.3. The van der Waals surface area contributed by atoms with Crippen LogP contribution in [0.3, 0.4) is 0 Å². The van der Waals surface area contributed by atoms with Crippen LogP contribution in [0.1, 0.15) is 29.9 Å². The summed E-state index contributed by atoms with van der Waals surface area (Å²) < 4.78 is 70.8. The van der Waals surface area contributed by atoms with Gasteiger partial charge in [0.25, 0.3) is 0 Å². The molecule has 0 saturated carbocycles. The van der Waals surface area contributed by atoms with Gasteiger partial charge in [-0.05, 0) is 30.3 Å². The number of benzene rings is 3. The van der Waals surface area contributed by atoms with Crippen molar-refractivity contribution in [3.63, 3.8) is 0 Å². The molecule has 0 aliphatic heterocycles. The second-order valence-corrected chi connectivity index (χ2v) is 9.14. The predicted octanol–water partition coefficient (Wildman–Crippen LogP) is 6.19. The number of hydrogen-bond donors (Lipinski definition) is 2. The van der Waals surface area contributed by atoms with Crippen LogP contribution in [0, 0.1) is 23.3 Å². The van der Waals surface area contributed by atoms with Crippen molar-refractivity contribution in [1.82, 2.24) is 4.57 Å². The average Bonchev–Trinajstić information content (AvgIpc) is 3.17. The van der Waals surface area contributed by atoms with Crippen LogP contribution in [0.5, 0.6) is 11.5 Å². The number of hydrogen-bond acceptors (Lipinski definition) is 4. The standard InChI is InChI=1S/C27H23F4NO5/c1-27(2,12-36-3)25-22(16-7-13(26(34)35)8-18(30)24(16)31)23-19(9-14(28)10-20(23)33)32(25)15-5-6-17(29)21(11-15)37-4/h5-11,33H,12H2,1-4H3,(H,34,35). The summed E-state index contributed by atoms with van der Waals surface area (Å²) in [4.78, 5) is 11.7. The van der Waals surface area contributed by atoms with Gasteiger partial charge in [-0.15, -0.1) is 0 Å². The molecule has 0 unspecified atom stereocenters. The molecule has 0 atom stereocenters. The molecule has 1 heterocycles. The number of fused-ring (bicyclic) bond motifs is 1. The molecule has 2 N–H and O–H groups in total. The van der Waals surface area contributed by atoms with Gasteiger partial charge in [0.15, 0.2) is 23.2 Å². The smallest absolute Gasteiger partial charge is 0.335 e. The van der Waals surface area contributed by atoms with Crippen molar-refractivity contribution in [3.05, 3.63) is 77.0 Å². The number of aromatic hydroxyl groups is 1. The zero-order valence-corrected chi connectivity index (χ0v) is 20.3. The van der Waals surface area contributed by atoms with Gasteiger partial charge in [0.05, 0.1) is 30.2 Å². The normalized spacial score (nSPS) is 11.8. The second-order valence-electron chi connectivity index (χ2n) is 9.14. The molecule has 0 aliphatic rings. The minimum atomic E-state index is -1.50. The van der Waals surface area contributed by atoms with Crippen LogP contribution in [0.2, 0.25) is 0 Å². The second kappa shape index (κ2) is 9.44. The number of carbonyl (C=O) groups is 1. The van der Waals surface area contributed by atoms with Crippen molar-refractivity contribution in [2.24, 2.45) is 0 Å². The van der Waals surface area contributed by atoms with Crippen LogP contribution < -0.4 is 4.74 Å². The van der Waals surface area contributed by atoms with Crippen LogP contribution >= 0.6 is 0 Å². The summed E-state index contributed by atoms with van der Waals surface area (Å²) in [5.41, 5.74) is -1.56. The molecule has 4 aromatic rings. The SMILES string of the molecule is COCC(C)(C)c1c(-c2cc(C(=O)O)cc(F)c2F)c2c(O)cc(F)cc2n1-c1ccc(F)c(OC)c1. The Hall–Kier alpha value is -4.05. The molecular weight excluding hydrogens is 494 g/mol. The molecule has 0 spiro atoms. The van der Waals surface area contributed by atoms with Gasteiger partial charge in [0.1, 0.15) is 11.6 Å². The molecule has 0 fully saturated rings. The number of halogens is 4. The van der Waals surface area contributed by atoms with E-state index in [-0.39, 0.29) is 40.2 Å². The lowest BCUT2D eigenvalue weighted by Gasteiger charge is -2.28. The number of rotatable bonds is 7. The maximum absolute atomic E-state index is 15.4. The van der Waals surface area contributed by atoms with E-state index in [2.05, 4.69) is 0 Å². The van der Waals surface area contributed by atoms with Crippen LogP contribution in [-0.2, 0) is 10.2 Å². The first kappa shape index (κ1) is 26.0. The van der Waals surface area contributed by atoms with E-state index in [0.717, 1.165) is 24.3 Å². The molecule has 1 aromatic heterocycles. The van der Waals surface area contributed by atoms with Gasteiger partial charge in [0.2, 0.25) is 0 Å². The fourth-order valence-electron chi connectivity index (χ4n) is 4.64. The summed E-state index contributed by atoms with van der Waals surface area (Å²) in [6.07, 6.45) is 0. The van der Waals surface area contributed by atoms with Gasteiger partial charge in [-0.3, -0.25) is 0 Å². The Labute approximate surface area is 209 Å². The highest BCUT2D eigenvalue weighted by Crippen LogP contribution is 2.47. The summed E-state index contributed by atoms with van der Waals surface area (Å²) >= 11 is 0. The minimum absolute atomic E-state index is 0.0284. The van der Waals surface area contributed by atoms with E-state index in [1.807, 2.05) is 0 Å². The van der Waals surface area contributed by atoms with Gasteiger partial charge in [0, 0.05) is 47.2 Å². The molecule has 0 amide bonds. The quantitative estimate of drug-likeness (QED) is 0.286. The Kier molecular flexibility index (Phi) is 6.64. The third-order valence-electron chi connectivity index (χ3n) is 6.10. The van der Waals surface area contributed by atoms with E-state index >= 15 is 4.39 Å². The van der Waals surface area contributed by atoms with Crippen LogP contribution in [-0.4, -0.2) is 41.6 Å². The molecule has 0 bridgehead atoms. The Balaban J connectivity index is 2.29. The molecule has 0 saturated heterocycles. The molecule has 6 nitrogen and oxygen atoms in total. The molecule has 37 heavy (non-hydrogen) atoms. The topological polar surface area (TPSA) is 80.9 Å². The summed E-state index contributed by atoms with van der Waals surface area (Å²) in [5.74, 6) is -6.51. The first-order valence-corrected chi connectivity index (χ1v) is 11.0. The lowest BCUT2D eigenvalue weighted by atomic mass is 9.84. The number of ether oxygens (including phenoxy) is 2. The molecule has 3 aromatic carbocycles. The maximum Gasteiger partial charge on any atom is 0.335 e. The molecule has 0 aliphatic carbocycles. The summed E-state index contributed by atoms with van der Waals surface area (Å²) in [6, 6.07) is 7.21. The molecule has 10 heteroatoms. The molecule has 4 rings (SSSR count). The van der Waals surface area contributed by atoms with E-state index < -0.39 is 51.5 Å². The van der Waals surface area contributed by atoms with E-state index in [9.17, 15) is 28.2 Å². The highest BCUT2D eigenvalue weighted by Gasteiger charge is 2.35. The Morgan fingerprint density at radius 3 is 2.32 bits per heavy atom. The van der Waals surface area contributed by atoms with E-state index in [0.29, 0.717) is 6.07 Å². The number of methoxy groups -OCH3 is 2. The van der Waals surface area contributed by atoms with Gasteiger partial charge >= 0.3 is 5.97 Å². The fourth-order valence-corrected chi connectivity index (χ4v) is 4.64. The van der Waals surface area contributed by atoms with Crippen LogP contribution in [0.15, 0.2) is 42.5 Å². The highest BCUT2D eigenvalue weighted by atomic mass is 19.2. The third kappa shape index (κ3) is 4.37. The van der Waals surface area contributed by atoms with Gasteiger partial charge in [-0.2, -0.15) is 0 Å². The lowest BCUT2D eigenvalue weighted by Crippen LogP contribution is -2.27. The van der Waals surface area contributed by atoms with Crippen LogP contribution in [0.25, 0.3) is 27.7 Å². The van der Waals surface area contributed by atoms with E-state index in [4.69, 9.17) is 9.47 Å². The first-order chi connectivity index (χ1) is 17.4. The summed E-state index contributed by atoms with van der Waals surface area (Å²) in [6.45, 7) is 3.46. The monoisotopic (exact) mass is 517 g/mol. The number of carboxylic acid groups (broad SMARTS) is 1. The summed E-state index contributed by atoms with van der Waals surface area (Å²) in [7, 11) is 2.69. The van der Waals surface area contributed by atoms with Crippen molar-refractivity contribution < 1.29 is 42.0 Å². The molecule has 0 radical (unpaired) electrons. The Morgan fingerprint density at radius 2 is 1.70 bits per heavy atom. The van der Waals surface area contributed by atoms with Gasteiger partial charge in [-0.25, -0.2) is 22.4 Å². The molecular formula is C27H23F4NO5. The van der Waals surface area contributed by atoms with E-state index in [1.165, 1.54) is 30.9 Å². The number of aromatic carboxylic acids is 1. The largest absolute Gasteiger partial charge is 0.507 e. The fraction of sp³-hybridized carbons (Fsp3) is 0.222. The lowest BCUT2D eigenvalue weighted by molar-refractivity contribution is 0.0696. The third-order valence-corrected chi connectivity index (χ3v) is 6.10. The Bertz CT molecular complexity index is 1540. The van der Waals surface area contributed by atoms with Crippen LogP contribution in [0.4, 0.5) is 17.6 Å². The zero-order chi connectivity index (χ0) is 27.2. The predicted molar refractivity (Wildman–Crippen MR) is 129 cm³/mol. The highest BCUT2D eigenvalue weighted by molar-refractivity contribution is 6.04. The number of aromatic nitrogens is 1. The first-order valence-electron chi connectivity index (χ1n) is 11.0. The minimum Gasteiger partial charge on any atom is -0.507 e. The average molecular weight is 517 g/mol. The van der Waals surface area contributed by atoms with Crippen molar-refractivity contribution in [2.45, 2.75) is 19.3 Å². The Morgan fingerprint density at radius 1 is 1.00 bits per heavy atom. The van der Waals surface area contributed by atoms with Crippen molar-refractivity contribution >= 4 is 16.9 Å². The number of carboxylic acids is 1. The number of phenols is 1. The zero-order valence-electron chi connectivity index (χ0n) is 20.3. The van der Waals surface area contributed by atoms with Crippen molar-refractivity contribution in [1.29, 1.82) is 0 Å². The maximum atomic E-state index is 15.4. The van der Waals surface area contributed by atoms with Gasteiger partial charge in [-0.1, -0.05) is 13.8 Å². The van der Waals surface area contributed by atoms with Crippen molar-refractivity contribution in [2.75, 3.05) is 20.8 Å². The molecule has 194 valence electrons. The van der Waals surface area contributed by atoms with Gasteiger partial charge < -0.3 is 24.3 Å².